The van der Waals surface area contributed by atoms with Crippen molar-refractivity contribution in [3.05, 3.63) is 53.6 Å². The van der Waals surface area contributed by atoms with Gasteiger partial charge in [0.25, 0.3) is 5.91 Å². The van der Waals surface area contributed by atoms with Crippen LogP contribution >= 0.6 is 0 Å². The van der Waals surface area contributed by atoms with E-state index in [0.717, 1.165) is 11.3 Å². The number of carbonyl (C=O) groups is 1. The highest BCUT2D eigenvalue weighted by Crippen LogP contribution is 2.24. The molecule has 0 aliphatic carbocycles. The summed E-state index contributed by atoms with van der Waals surface area (Å²) in [6.07, 6.45) is 1.55. The molecule has 2 aromatic rings. The number of ether oxygens (including phenoxy) is 3. The van der Waals surface area contributed by atoms with Crippen LogP contribution in [0.2, 0.25) is 0 Å². The van der Waals surface area contributed by atoms with Gasteiger partial charge in [0.05, 0.1) is 32.6 Å². The van der Waals surface area contributed by atoms with E-state index in [1.807, 2.05) is 31.2 Å². The molecule has 0 heterocycles. The summed E-state index contributed by atoms with van der Waals surface area (Å²) in [4.78, 5) is 12.2. The number of benzene rings is 2. The second kappa shape index (κ2) is 8.57. The van der Waals surface area contributed by atoms with Crippen LogP contribution in [0.1, 0.15) is 22.8 Å². The lowest BCUT2D eigenvalue weighted by atomic mass is 10.2. The van der Waals surface area contributed by atoms with Gasteiger partial charge in [0.1, 0.15) is 17.2 Å². The molecule has 2 aromatic carbocycles. The second-order valence-corrected chi connectivity index (χ2v) is 4.77. The van der Waals surface area contributed by atoms with Crippen molar-refractivity contribution in [2.24, 2.45) is 5.10 Å². The molecule has 0 unspecified atom stereocenters. The third-order valence-corrected chi connectivity index (χ3v) is 3.20. The summed E-state index contributed by atoms with van der Waals surface area (Å²) in [5.41, 5.74) is 3.68. The molecular formula is C18H20N2O4. The highest BCUT2D eigenvalue weighted by molar-refractivity contribution is 5.97. The van der Waals surface area contributed by atoms with Crippen molar-refractivity contribution < 1.29 is 19.0 Å². The average Bonchev–Trinajstić information content (AvgIpc) is 2.61. The third kappa shape index (κ3) is 4.49. The zero-order valence-electron chi connectivity index (χ0n) is 13.9. The number of carbonyl (C=O) groups excluding carboxylic acids is 1. The van der Waals surface area contributed by atoms with E-state index < -0.39 is 0 Å². The van der Waals surface area contributed by atoms with Crippen molar-refractivity contribution >= 4 is 12.1 Å². The minimum Gasteiger partial charge on any atom is -0.497 e. The van der Waals surface area contributed by atoms with Crippen LogP contribution in [0.4, 0.5) is 0 Å². The van der Waals surface area contributed by atoms with Gasteiger partial charge < -0.3 is 14.2 Å². The Hall–Kier alpha value is -3.02. The van der Waals surface area contributed by atoms with Gasteiger partial charge in [-0.1, -0.05) is 12.1 Å². The number of hydrazone groups is 1. The zero-order chi connectivity index (χ0) is 17.4. The monoisotopic (exact) mass is 328 g/mol. The molecule has 1 N–H and O–H groups in total. The van der Waals surface area contributed by atoms with E-state index in [2.05, 4.69) is 10.5 Å². The normalized spacial score (nSPS) is 10.5. The summed E-state index contributed by atoms with van der Waals surface area (Å²) >= 11 is 0. The van der Waals surface area contributed by atoms with Crippen LogP contribution in [0.25, 0.3) is 0 Å². The van der Waals surface area contributed by atoms with Gasteiger partial charge in [-0.25, -0.2) is 5.43 Å². The molecular weight excluding hydrogens is 308 g/mol. The second-order valence-electron chi connectivity index (χ2n) is 4.77. The maximum absolute atomic E-state index is 12.2. The molecule has 2 rings (SSSR count). The van der Waals surface area contributed by atoms with Gasteiger partial charge in [-0.15, -0.1) is 0 Å². The summed E-state index contributed by atoms with van der Waals surface area (Å²) in [6, 6.07) is 12.4. The minimum atomic E-state index is -0.369. The van der Waals surface area contributed by atoms with Gasteiger partial charge in [0.15, 0.2) is 0 Å². The van der Waals surface area contributed by atoms with Crippen LogP contribution in [0, 0.1) is 0 Å². The van der Waals surface area contributed by atoms with Crippen molar-refractivity contribution in [1.29, 1.82) is 0 Å². The fourth-order valence-electron chi connectivity index (χ4n) is 2.06. The van der Waals surface area contributed by atoms with E-state index in [1.54, 1.807) is 31.5 Å². The Labute approximate surface area is 141 Å². The SMILES string of the molecule is CCOc1cccc(C=NNC(=O)c2ccc(OC)cc2OC)c1. The van der Waals surface area contributed by atoms with Crippen LogP contribution in [-0.4, -0.2) is 32.9 Å². The van der Waals surface area contributed by atoms with Crippen molar-refractivity contribution in [2.45, 2.75) is 6.92 Å². The lowest BCUT2D eigenvalue weighted by molar-refractivity contribution is 0.0952. The van der Waals surface area contributed by atoms with Gasteiger partial charge in [-0.3, -0.25) is 4.79 Å². The highest BCUT2D eigenvalue weighted by atomic mass is 16.5. The first-order valence-corrected chi connectivity index (χ1v) is 7.46. The molecule has 0 radical (unpaired) electrons. The molecule has 0 atom stereocenters. The van der Waals surface area contributed by atoms with Gasteiger partial charge in [-0.05, 0) is 36.8 Å². The summed E-state index contributed by atoms with van der Waals surface area (Å²) in [5, 5.41) is 3.97. The molecule has 126 valence electrons. The Balaban J connectivity index is 2.06. The Morgan fingerprint density at radius 3 is 2.67 bits per heavy atom. The van der Waals surface area contributed by atoms with Gasteiger partial charge >= 0.3 is 0 Å². The minimum absolute atomic E-state index is 0.369. The van der Waals surface area contributed by atoms with Crippen LogP contribution in [0.3, 0.4) is 0 Å². The number of nitrogens with zero attached hydrogens (tertiary/aromatic N) is 1. The topological polar surface area (TPSA) is 69.2 Å². The van der Waals surface area contributed by atoms with E-state index in [0.29, 0.717) is 23.7 Å². The number of nitrogens with one attached hydrogen (secondary N) is 1. The van der Waals surface area contributed by atoms with Crippen molar-refractivity contribution in [2.75, 3.05) is 20.8 Å². The van der Waals surface area contributed by atoms with Crippen molar-refractivity contribution in [3.8, 4) is 17.2 Å². The molecule has 0 fully saturated rings. The maximum atomic E-state index is 12.2. The molecule has 0 saturated heterocycles. The lowest BCUT2D eigenvalue weighted by Gasteiger charge is -2.08. The van der Waals surface area contributed by atoms with E-state index >= 15 is 0 Å². The first-order valence-electron chi connectivity index (χ1n) is 7.46. The first kappa shape index (κ1) is 17.3. The standard InChI is InChI=1S/C18H20N2O4/c1-4-24-15-7-5-6-13(10-15)12-19-20-18(21)16-9-8-14(22-2)11-17(16)23-3/h5-12H,4H2,1-3H3,(H,20,21). The lowest BCUT2D eigenvalue weighted by Crippen LogP contribution is -2.18. The molecule has 1 amide bonds. The van der Waals surface area contributed by atoms with Crippen LogP contribution in [0.15, 0.2) is 47.6 Å². The van der Waals surface area contributed by atoms with E-state index in [-0.39, 0.29) is 5.91 Å². The Morgan fingerprint density at radius 1 is 1.12 bits per heavy atom. The predicted octanol–water partition coefficient (Wildman–Crippen LogP) is 2.87. The van der Waals surface area contributed by atoms with Crippen molar-refractivity contribution in [3.63, 3.8) is 0 Å². The van der Waals surface area contributed by atoms with Crippen LogP contribution in [-0.2, 0) is 0 Å². The molecule has 0 saturated carbocycles. The summed E-state index contributed by atoms with van der Waals surface area (Å²) < 4.78 is 15.7. The smallest absolute Gasteiger partial charge is 0.275 e. The van der Waals surface area contributed by atoms with E-state index in [4.69, 9.17) is 14.2 Å². The highest BCUT2D eigenvalue weighted by Gasteiger charge is 2.12. The molecule has 0 aliphatic heterocycles. The summed E-state index contributed by atoms with van der Waals surface area (Å²) in [6.45, 7) is 2.51. The zero-order valence-corrected chi connectivity index (χ0v) is 13.9. The molecule has 0 spiro atoms. The van der Waals surface area contributed by atoms with Crippen molar-refractivity contribution in [1.82, 2.24) is 5.43 Å². The summed E-state index contributed by atoms with van der Waals surface area (Å²) in [7, 11) is 3.04. The largest absolute Gasteiger partial charge is 0.497 e. The fraction of sp³-hybridized carbons (Fsp3) is 0.222. The van der Waals surface area contributed by atoms with Gasteiger partial charge in [-0.2, -0.15) is 5.10 Å². The average molecular weight is 328 g/mol. The van der Waals surface area contributed by atoms with Gasteiger partial charge in [0, 0.05) is 6.07 Å². The third-order valence-electron chi connectivity index (χ3n) is 3.20. The molecule has 0 aromatic heterocycles. The van der Waals surface area contributed by atoms with E-state index in [1.165, 1.54) is 7.11 Å². The van der Waals surface area contributed by atoms with E-state index in [9.17, 15) is 4.79 Å². The number of methoxy groups -OCH3 is 2. The predicted molar refractivity (Wildman–Crippen MR) is 92.2 cm³/mol. The number of hydrogen-bond donors (Lipinski definition) is 1. The van der Waals surface area contributed by atoms with Gasteiger partial charge in [0.2, 0.25) is 0 Å². The first-order chi connectivity index (χ1) is 11.7. The van der Waals surface area contributed by atoms with Crippen LogP contribution in [0.5, 0.6) is 17.2 Å². The van der Waals surface area contributed by atoms with Crippen LogP contribution < -0.4 is 19.6 Å². The molecule has 6 heteroatoms. The summed E-state index contributed by atoms with van der Waals surface area (Å²) in [5.74, 6) is 1.41. The number of amides is 1. The Bertz CT molecular complexity index is 729. The fourth-order valence-corrected chi connectivity index (χ4v) is 2.06. The Kier molecular flexibility index (Phi) is 6.19. The number of rotatable bonds is 7. The molecule has 24 heavy (non-hydrogen) atoms. The molecule has 6 nitrogen and oxygen atoms in total. The Morgan fingerprint density at radius 2 is 1.96 bits per heavy atom. The quantitative estimate of drug-likeness (QED) is 0.627. The molecule has 0 aliphatic rings. The molecule has 0 bridgehead atoms. The number of hydrogen-bond acceptors (Lipinski definition) is 5. The maximum Gasteiger partial charge on any atom is 0.275 e.